The Bertz CT molecular complexity index is 390. The Morgan fingerprint density at radius 2 is 2.21 bits per heavy atom. The minimum Gasteiger partial charge on any atom is -0.396 e. The summed E-state index contributed by atoms with van der Waals surface area (Å²) in [6.07, 6.45) is 0.755. The number of benzene rings is 1. The molecular weight excluding hydrogens is 245 g/mol. The van der Waals surface area contributed by atoms with E-state index in [1.54, 1.807) is 6.07 Å². The number of alkyl halides is 1. The van der Waals surface area contributed by atoms with Crippen molar-refractivity contribution >= 4 is 21.6 Å². The van der Waals surface area contributed by atoms with Gasteiger partial charge in [-0.1, -0.05) is 27.8 Å². The van der Waals surface area contributed by atoms with Gasteiger partial charge in [0.05, 0.1) is 5.69 Å². The zero-order valence-corrected chi connectivity index (χ0v) is 9.49. The lowest BCUT2D eigenvalue weighted by atomic mass is 10.1. The Labute approximate surface area is 91.6 Å². The maximum Gasteiger partial charge on any atom is 0.147 e. The van der Waals surface area contributed by atoms with Gasteiger partial charge in [-0.05, 0) is 24.6 Å². The lowest BCUT2D eigenvalue weighted by Crippen LogP contribution is -1.93. The van der Waals surface area contributed by atoms with Gasteiger partial charge in [-0.15, -0.1) is 0 Å². The molecular formula is C11H11BrFN. The van der Waals surface area contributed by atoms with Crippen molar-refractivity contribution in [2.75, 3.05) is 11.1 Å². The van der Waals surface area contributed by atoms with Crippen LogP contribution in [0.3, 0.4) is 0 Å². The third-order valence-electron chi connectivity index (χ3n) is 1.79. The van der Waals surface area contributed by atoms with Gasteiger partial charge in [-0.25, -0.2) is 4.39 Å². The lowest BCUT2D eigenvalue weighted by Gasteiger charge is -2.01. The van der Waals surface area contributed by atoms with Gasteiger partial charge in [-0.2, -0.15) is 0 Å². The number of hydrogen-bond donors (Lipinski definition) is 1. The SMILES string of the molecule is Cc1cc(N)c(F)cc1C#CCCBr. The molecule has 0 aromatic heterocycles. The molecule has 0 spiro atoms. The van der Waals surface area contributed by atoms with Crippen LogP contribution in [-0.2, 0) is 0 Å². The normalized spacial score (nSPS) is 9.36. The van der Waals surface area contributed by atoms with Crippen molar-refractivity contribution in [3.8, 4) is 11.8 Å². The molecule has 0 saturated heterocycles. The van der Waals surface area contributed by atoms with Crippen molar-refractivity contribution in [2.45, 2.75) is 13.3 Å². The Hall–Kier alpha value is -1.01. The summed E-state index contributed by atoms with van der Waals surface area (Å²) in [6.45, 7) is 1.87. The molecule has 0 atom stereocenters. The number of hydrogen-bond acceptors (Lipinski definition) is 1. The van der Waals surface area contributed by atoms with Crippen molar-refractivity contribution in [3.63, 3.8) is 0 Å². The fraction of sp³-hybridized carbons (Fsp3) is 0.273. The van der Waals surface area contributed by atoms with Gasteiger partial charge >= 0.3 is 0 Å². The van der Waals surface area contributed by atoms with Gasteiger partial charge in [-0.3, -0.25) is 0 Å². The number of anilines is 1. The Balaban J connectivity index is 3.00. The van der Waals surface area contributed by atoms with Crippen LogP contribution in [0.15, 0.2) is 12.1 Å². The van der Waals surface area contributed by atoms with Gasteiger partial charge < -0.3 is 5.73 Å². The molecule has 0 saturated carbocycles. The van der Waals surface area contributed by atoms with E-state index in [0.29, 0.717) is 5.56 Å². The van der Waals surface area contributed by atoms with Gasteiger partial charge in [0, 0.05) is 17.3 Å². The van der Waals surface area contributed by atoms with Gasteiger partial charge in [0.2, 0.25) is 0 Å². The first kappa shape index (κ1) is 11.1. The van der Waals surface area contributed by atoms with E-state index in [4.69, 9.17) is 5.73 Å². The van der Waals surface area contributed by atoms with Crippen LogP contribution in [0.4, 0.5) is 10.1 Å². The van der Waals surface area contributed by atoms with Crippen molar-refractivity contribution in [1.29, 1.82) is 0 Å². The van der Waals surface area contributed by atoms with Crippen molar-refractivity contribution in [1.82, 2.24) is 0 Å². The summed E-state index contributed by atoms with van der Waals surface area (Å²) in [5, 5.41) is 0.830. The minimum absolute atomic E-state index is 0.175. The molecule has 1 nitrogen and oxygen atoms in total. The standard InChI is InChI=1S/C11H11BrFN/c1-8-6-11(14)10(13)7-9(8)4-2-3-5-12/h6-7H,3,5,14H2,1H3. The number of aryl methyl sites for hydroxylation is 1. The van der Waals surface area contributed by atoms with Crippen molar-refractivity contribution in [2.24, 2.45) is 0 Å². The molecule has 74 valence electrons. The highest BCUT2D eigenvalue weighted by Crippen LogP contribution is 2.16. The third kappa shape index (κ3) is 2.74. The molecule has 0 radical (unpaired) electrons. The van der Waals surface area contributed by atoms with Crippen LogP contribution in [0.25, 0.3) is 0 Å². The largest absolute Gasteiger partial charge is 0.396 e. The Kier molecular flexibility index (Phi) is 3.97. The van der Waals surface area contributed by atoms with Crippen LogP contribution in [0, 0.1) is 24.6 Å². The molecule has 0 fully saturated rings. The predicted octanol–water partition coefficient (Wildman–Crippen LogP) is 2.85. The van der Waals surface area contributed by atoms with Gasteiger partial charge in [0.15, 0.2) is 0 Å². The average Bonchev–Trinajstić information content (AvgIpc) is 2.14. The first-order chi connectivity index (χ1) is 6.65. The monoisotopic (exact) mass is 255 g/mol. The zero-order valence-electron chi connectivity index (χ0n) is 7.90. The Morgan fingerprint density at radius 3 is 2.86 bits per heavy atom. The molecule has 14 heavy (non-hydrogen) atoms. The van der Waals surface area contributed by atoms with Crippen LogP contribution in [0.5, 0.6) is 0 Å². The number of rotatable bonds is 1. The number of nitrogen functional groups attached to an aromatic ring is 1. The van der Waals surface area contributed by atoms with E-state index in [0.717, 1.165) is 17.3 Å². The molecule has 3 heteroatoms. The summed E-state index contributed by atoms with van der Waals surface area (Å²) < 4.78 is 13.1. The van der Waals surface area contributed by atoms with E-state index in [1.807, 2.05) is 6.92 Å². The maximum atomic E-state index is 13.1. The average molecular weight is 256 g/mol. The molecule has 0 aliphatic rings. The molecule has 0 unspecified atom stereocenters. The molecule has 0 amide bonds. The summed E-state index contributed by atoms with van der Waals surface area (Å²) >= 11 is 3.27. The molecule has 0 heterocycles. The first-order valence-corrected chi connectivity index (χ1v) is 5.37. The van der Waals surface area contributed by atoms with Crippen LogP contribution in [-0.4, -0.2) is 5.33 Å². The molecule has 1 rings (SSSR count). The number of nitrogens with two attached hydrogens (primary N) is 1. The van der Waals surface area contributed by atoms with Crippen LogP contribution in [0.2, 0.25) is 0 Å². The molecule has 1 aromatic rings. The highest BCUT2D eigenvalue weighted by molar-refractivity contribution is 9.09. The topological polar surface area (TPSA) is 26.0 Å². The van der Waals surface area contributed by atoms with E-state index in [2.05, 4.69) is 27.8 Å². The maximum absolute atomic E-state index is 13.1. The zero-order chi connectivity index (χ0) is 10.6. The summed E-state index contributed by atoms with van der Waals surface area (Å²) in [6, 6.07) is 2.99. The highest BCUT2D eigenvalue weighted by Gasteiger charge is 2.01. The summed E-state index contributed by atoms with van der Waals surface area (Å²) in [5.41, 5.74) is 7.20. The minimum atomic E-state index is -0.404. The summed E-state index contributed by atoms with van der Waals surface area (Å²) in [7, 11) is 0. The van der Waals surface area contributed by atoms with Crippen LogP contribution < -0.4 is 5.73 Å². The second-order valence-corrected chi connectivity index (χ2v) is 3.72. The van der Waals surface area contributed by atoms with Gasteiger partial charge in [0.25, 0.3) is 0 Å². The summed E-state index contributed by atoms with van der Waals surface area (Å²) in [5.74, 6) is 5.44. The van der Waals surface area contributed by atoms with Crippen LogP contribution in [0.1, 0.15) is 17.5 Å². The second kappa shape index (κ2) is 5.02. The summed E-state index contributed by atoms with van der Waals surface area (Å²) in [4.78, 5) is 0. The lowest BCUT2D eigenvalue weighted by molar-refractivity contribution is 0.631. The molecule has 1 aromatic carbocycles. The van der Waals surface area contributed by atoms with Crippen molar-refractivity contribution < 1.29 is 4.39 Å². The van der Waals surface area contributed by atoms with E-state index in [-0.39, 0.29) is 5.69 Å². The van der Waals surface area contributed by atoms with E-state index in [1.165, 1.54) is 6.07 Å². The quantitative estimate of drug-likeness (QED) is 0.466. The predicted molar refractivity (Wildman–Crippen MR) is 60.8 cm³/mol. The highest BCUT2D eigenvalue weighted by atomic mass is 79.9. The third-order valence-corrected chi connectivity index (χ3v) is 2.18. The van der Waals surface area contributed by atoms with Crippen LogP contribution >= 0.6 is 15.9 Å². The fourth-order valence-electron chi connectivity index (χ4n) is 1.04. The van der Waals surface area contributed by atoms with E-state index in [9.17, 15) is 4.39 Å². The first-order valence-electron chi connectivity index (χ1n) is 4.25. The van der Waals surface area contributed by atoms with Gasteiger partial charge in [0.1, 0.15) is 5.82 Å². The molecule has 0 aliphatic carbocycles. The second-order valence-electron chi connectivity index (χ2n) is 2.93. The van der Waals surface area contributed by atoms with E-state index < -0.39 is 5.82 Å². The number of halogens is 2. The molecule has 0 aliphatic heterocycles. The fourth-order valence-corrected chi connectivity index (χ4v) is 1.24. The molecule has 0 bridgehead atoms. The smallest absolute Gasteiger partial charge is 0.147 e. The Morgan fingerprint density at radius 1 is 1.50 bits per heavy atom. The molecule has 2 N–H and O–H groups in total. The van der Waals surface area contributed by atoms with Crippen molar-refractivity contribution in [3.05, 3.63) is 29.1 Å². The van der Waals surface area contributed by atoms with E-state index >= 15 is 0 Å².